The number of aliphatic carboxylic acids is 1. The summed E-state index contributed by atoms with van der Waals surface area (Å²) < 4.78 is 0. The van der Waals surface area contributed by atoms with Crippen LogP contribution in [0.25, 0.3) is 0 Å². The average Bonchev–Trinajstić information content (AvgIpc) is 2.40. The van der Waals surface area contributed by atoms with Crippen LogP contribution in [0, 0.1) is 5.92 Å². The minimum absolute atomic E-state index is 0.181. The molecule has 1 atom stereocenters. The number of hydrogen-bond donors (Lipinski definition) is 3. The van der Waals surface area contributed by atoms with Crippen molar-refractivity contribution >= 4 is 12.0 Å². The van der Waals surface area contributed by atoms with Gasteiger partial charge in [0.1, 0.15) is 0 Å². The summed E-state index contributed by atoms with van der Waals surface area (Å²) in [6.07, 6.45) is 8.48. The molecule has 0 saturated heterocycles. The van der Waals surface area contributed by atoms with Crippen molar-refractivity contribution in [2.45, 2.75) is 45.4 Å². The number of carbonyl (C=O) groups excluding carboxylic acids is 1. The molecule has 0 aromatic heterocycles. The highest BCUT2D eigenvalue weighted by atomic mass is 16.4. The maximum atomic E-state index is 11.5. The van der Waals surface area contributed by atoms with E-state index in [-0.39, 0.29) is 12.6 Å². The number of nitrogens with one attached hydrogen (secondary N) is 2. The van der Waals surface area contributed by atoms with E-state index in [1.165, 1.54) is 18.4 Å². The van der Waals surface area contributed by atoms with Crippen molar-refractivity contribution in [2.24, 2.45) is 5.92 Å². The molecule has 0 aliphatic heterocycles. The number of carbonyl (C=O) groups is 2. The normalized spacial score (nSPS) is 16.4. The van der Waals surface area contributed by atoms with Crippen molar-refractivity contribution < 1.29 is 14.7 Å². The number of rotatable bonds is 7. The lowest BCUT2D eigenvalue weighted by Gasteiger charge is -2.14. The van der Waals surface area contributed by atoms with Crippen LogP contribution in [0.2, 0.25) is 0 Å². The first-order valence-electron chi connectivity index (χ1n) is 7.06. The molecule has 0 bridgehead atoms. The van der Waals surface area contributed by atoms with Gasteiger partial charge >= 0.3 is 12.0 Å². The molecule has 1 aliphatic rings. The molecule has 3 N–H and O–H groups in total. The molecule has 0 spiro atoms. The van der Waals surface area contributed by atoms with Crippen LogP contribution in [-0.4, -0.2) is 30.2 Å². The standard InChI is InChI=1S/C14H24N2O3/c1-2-12(13(17)18)10-16-14(19)15-9-8-11-6-4-3-5-7-11/h6,12H,2-5,7-10H2,1H3,(H,17,18)(H2,15,16,19). The summed E-state index contributed by atoms with van der Waals surface area (Å²) in [5.41, 5.74) is 1.42. The highest BCUT2D eigenvalue weighted by Crippen LogP contribution is 2.19. The van der Waals surface area contributed by atoms with Gasteiger partial charge in [-0.15, -0.1) is 0 Å². The van der Waals surface area contributed by atoms with E-state index in [2.05, 4.69) is 16.7 Å². The van der Waals surface area contributed by atoms with Gasteiger partial charge in [-0.2, -0.15) is 0 Å². The Labute approximate surface area is 114 Å². The molecule has 5 heteroatoms. The zero-order chi connectivity index (χ0) is 14.1. The maximum Gasteiger partial charge on any atom is 0.314 e. The highest BCUT2D eigenvalue weighted by Gasteiger charge is 2.15. The first-order chi connectivity index (χ1) is 9.13. The van der Waals surface area contributed by atoms with Crippen LogP contribution in [0.15, 0.2) is 11.6 Å². The van der Waals surface area contributed by atoms with Crippen LogP contribution in [0.4, 0.5) is 4.79 Å². The molecular weight excluding hydrogens is 244 g/mol. The van der Waals surface area contributed by atoms with E-state index in [4.69, 9.17) is 5.11 Å². The molecule has 0 radical (unpaired) electrons. The van der Waals surface area contributed by atoms with Gasteiger partial charge in [-0.05, 0) is 38.5 Å². The number of allylic oxidation sites excluding steroid dienone is 1. The second kappa shape index (κ2) is 8.56. The maximum absolute atomic E-state index is 11.5. The van der Waals surface area contributed by atoms with E-state index in [1.807, 2.05) is 0 Å². The molecule has 0 heterocycles. The quantitative estimate of drug-likeness (QED) is 0.620. The average molecular weight is 268 g/mol. The van der Waals surface area contributed by atoms with Gasteiger partial charge in [0.25, 0.3) is 0 Å². The molecule has 0 saturated carbocycles. The van der Waals surface area contributed by atoms with Crippen molar-refractivity contribution in [1.29, 1.82) is 0 Å². The lowest BCUT2D eigenvalue weighted by molar-refractivity contribution is -0.141. The van der Waals surface area contributed by atoms with Gasteiger partial charge in [-0.3, -0.25) is 4.79 Å². The molecule has 1 aliphatic carbocycles. The van der Waals surface area contributed by atoms with Gasteiger partial charge in [-0.25, -0.2) is 4.79 Å². The van der Waals surface area contributed by atoms with Gasteiger partial charge < -0.3 is 15.7 Å². The molecule has 1 unspecified atom stereocenters. The fourth-order valence-corrected chi connectivity index (χ4v) is 2.15. The number of amides is 2. The molecule has 0 fully saturated rings. The van der Waals surface area contributed by atoms with Gasteiger partial charge in [0, 0.05) is 13.1 Å². The fourth-order valence-electron chi connectivity index (χ4n) is 2.15. The molecule has 1 rings (SSSR count). The highest BCUT2D eigenvalue weighted by molar-refractivity contribution is 5.75. The van der Waals surface area contributed by atoms with Crippen LogP contribution in [-0.2, 0) is 4.79 Å². The lowest BCUT2D eigenvalue weighted by atomic mass is 9.97. The van der Waals surface area contributed by atoms with Gasteiger partial charge in [0.05, 0.1) is 5.92 Å². The zero-order valence-corrected chi connectivity index (χ0v) is 11.6. The monoisotopic (exact) mass is 268 g/mol. The SMILES string of the molecule is CCC(CNC(=O)NCCC1=CCCCC1)C(=O)O. The third-order valence-corrected chi connectivity index (χ3v) is 3.47. The van der Waals surface area contributed by atoms with Gasteiger partial charge in [0.15, 0.2) is 0 Å². The number of hydrogen-bond acceptors (Lipinski definition) is 2. The third-order valence-electron chi connectivity index (χ3n) is 3.47. The second-order valence-corrected chi connectivity index (χ2v) is 4.94. The first kappa shape index (κ1) is 15.5. The number of urea groups is 1. The predicted octanol–water partition coefficient (Wildman–Crippen LogP) is 2.29. The first-order valence-corrected chi connectivity index (χ1v) is 7.06. The van der Waals surface area contributed by atoms with Crippen molar-refractivity contribution in [3.05, 3.63) is 11.6 Å². The van der Waals surface area contributed by atoms with Crippen LogP contribution in [0.5, 0.6) is 0 Å². The molecule has 108 valence electrons. The van der Waals surface area contributed by atoms with Crippen molar-refractivity contribution in [2.75, 3.05) is 13.1 Å². The number of carboxylic acid groups (broad SMARTS) is 1. The molecular formula is C14H24N2O3. The Kier molecular flexibility index (Phi) is 7.00. The van der Waals surface area contributed by atoms with Gasteiger partial charge in [0.2, 0.25) is 0 Å². The summed E-state index contributed by atoms with van der Waals surface area (Å²) in [5.74, 6) is -1.37. The Morgan fingerprint density at radius 2 is 2.16 bits per heavy atom. The van der Waals surface area contributed by atoms with E-state index >= 15 is 0 Å². The van der Waals surface area contributed by atoms with Crippen molar-refractivity contribution in [3.63, 3.8) is 0 Å². The molecule has 0 aromatic rings. The smallest absolute Gasteiger partial charge is 0.314 e. The Morgan fingerprint density at radius 3 is 2.74 bits per heavy atom. The molecule has 0 aromatic carbocycles. The molecule has 19 heavy (non-hydrogen) atoms. The Balaban J connectivity index is 2.13. The fraction of sp³-hybridized carbons (Fsp3) is 0.714. The molecule has 5 nitrogen and oxygen atoms in total. The summed E-state index contributed by atoms with van der Waals surface area (Å²) in [7, 11) is 0. The third kappa shape index (κ3) is 6.27. The Hall–Kier alpha value is -1.52. The van der Waals surface area contributed by atoms with E-state index < -0.39 is 11.9 Å². The van der Waals surface area contributed by atoms with Crippen LogP contribution in [0.1, 0.15) is 45.4 Å². The summed E-state index contributed by atoms with van der Waals surface area (Å²) in [6, 6.07) is -0.281. The zero-order valence-electron chi connectivity index (χ0n) is 11.6. The molecule has 2 amide bonds. The van der Waals surface area contributed by atoms with E-state index in [9.17, 15) is 9.59 Å². The minimum Gasteiger partial charge on any atom is -0.481 e. The van der Waals surface area contributed by atoms with Gasteiger partial charge in [-0.1, -0.05) is 18.6 Å². The summed E-state index contributed by atoms with van der Waals surface area (Å²) in [6.45, 7) is 2.59. The summed E-state index contributed by atoms with van der Waals surface area (Å²) in [4.78, 5) is 22.3. The van der Waals surface area contributed by atoms with Crippen LogP contribution in [0.3, 0.4) is 0 Å². The topological polar surface area (TPSA) is 78.4 Å². The summed E-state index contributed by atoms with van der Waals surface area (Å²) >= 11 is 0. The van der Waals surface area contributed by atoms with E-state index in [0.717, 1.165) is 19.3 Å². The van der Waals surface area contributed by atoms with Crippen molar-refractivity contribution in [3.8, 4) is 0 Å². The second-order valence-electron chi connectivity index (χ2n) is 4.94. The van der Waals surface area contributed by atoms with Crippen LogP contribution < -0.4 is 10.6 Å². The van der Waals surface area contributed by atoms with Crippen LogP contribution >= 0.6 is 0 Å². The van der Waals surface area contributed by atoms with E-state index in [1.54, 1.807) is 6.92 Å². The largest absolute Gasteiger partial charge is 0.481 e. The van der Waals surface area contributed by atoms with E-state index in [0.29, 0.717) is 13.0 Å². The lowest BCUT2D eigenvalue weighted by Crippen LogP contribution is -2.40. The Bertz CT molecular complexity index is 340. The van der Waals surface area contributed by atoms with Crippen molar-refractivity contribution in [1.82, 2.24) is 10.6 Å². The summed E-state index contributed by atoms with van der Waals surface area (Å²) in [5, 5.41) is 14.2. The number of carboxylic acids is 1. The minimum atomic E-state index is -0.866. The predicted molar refractivity (Wildman–Crippen MR) is 74.0 cm³/mol. The Morgan fingerprint density at radius 1 is 1.37 bits per heavy atom.